The van der Waals surface area contributed by atoms with Crippen molar-refractivity contribution in [2.75, 3.05) is 12.4 Å². The number of furan rings is 1. The van der Waals surface area contributed by atoms with Crippen LogP contribution in [-0.2, 0) is 4.79 Å². The molecule has 1 aromatic heterocycles. The van der Waals surface area contributed by atoms with Gasteiger partial charge in [-0.1, -0.05) is 15.9 Å². The summed E-state index contributed by atoms with van der Waals surface area (Å²) in [4.78, 5) is 12.5. The molecule has 0 saturated carbocycles. The number of ether oxygens (including phenoxy) is 1. The zero-order valence-corrected chi connectivity index (χ0v) is 17.7. The number of rotatable bonds is 4. The third kappa shape index (κ3) is 3.78. The van der Waals surface area contributed by atoms with E-state index in [1.807, 2.05) is 52.0 Å². The van der Waals surface area contributed by atoms with Crippen molar-refractivity contribution in [1.82, 2.24) is 0 Å². The first-order valence-electron chi connectivity index (χ1n) is 8.63. The van der Waals surface area contributed by atoms with Crippen molar-refractivity contribution in [3.8, 4) is 5.75 Å². The van der Waals surface area contributed by atoms with E-state index in [2.05, 4.69) is 21.2 Å². The Morgan fingerprint density at radius 2 is 1.93 bits per heavy atom. The monoisotopic (exact) mass is 427 g/mol. The molecule has 0 spiro atoms. The molecule has 0 saturated heterocycles. The summed E-state index contributed by atoms with van der Waals surface area (Å²) in [6.45, 7) is 7.86. The van der Waals surface area contributed by atoms with Crippen molar-refractivity contribution in [3.63, 3.8) is 0 Å². The number of nitrogens with one attached hydrogen (secondary N) is 1. The second-order valence-corrected chi connectivity index (χ2v) is 7.51. The van der Waals surface area contributed by atoms with Gasteiger partial charge in [-0.25, -0.2) is 0 Å². The normalized spacial score (nSPS) is 11.7. The number of carbonyl (C=O) groups is 1. The maximum atomic E-state index is 12.5. The topological polar surface area (TPSA) is 51.5 Å². The highest BCUT2D eigenvalue weighted by molar-refractivity contribution is 9.10. The Labute approximate surface area is 167 Å². The molecule has 0 aliphatic heterocycles. The van der Waals surface area contributed by atoms with Gasteiger partial charge in [0.15, 0.2) is 0 Å². The predicted molar refractivity (Wildman–Crippen MR) is 113 cm³/mol. The molecule has 3 aromatic rings. The number of anilines is 1. The van der Waals surface area contributed by atoms with Crippen molar-refractivity contribution < 1.29 is 13.9 Å². The Morgan fingerprint density at radius 1 is 1.19 bits per heavy atom. The van der Waals surface area contributed by atoms with Gasteiger partial charge in [0, 0.05) is 32.7 Å². The Hall–Kier alpha value is -2.53. The van der Waals surface area contributed by atoms with Crippen LogP contribution in [0, 0.1) is 20.8 Å². The molecular formula is C22H22BrNO3. The summed E-state index contributed by atoms with van der Waals surface area (Å²) >= 11 is 3.47. The minimum absolute atomic E-state index is 0.182. The van der Waals surface area contributed by atoms with Crippen molar-refractivity contribution in [2.45, 2.75) is 27.7 Å². The van der Waals surface area contributed by atoms with Gasteiger partial charge in [-0.3, -0.25) is 4.79 Å². The largest absolute Gasteiger partial charge is 0.496 e. The molecule has 3 rings (SSSR count). The minimum Gasteiger partial charge on any atom is -0.496 e. The van der Waals surface area contributed by atoms with Crippen molar-refractivity contribution in [2.24, 2.45) is 0 Å². The summed E-state index contributed by atoms with van der Waals surface area (Å²) in [5.74, 6) is 0.538. The molecule has 1 amide bonds. The van der Waals surface area contributed by atoms with E-state index in [0.29, 0.717) is 0 Å². The van der Waals surface area contributed by atoms with Gasteiger partial charge < -0.3 is 14.5 Å². The smallest absolute Gasteiger partial charge is 0.248 e. The van der Waals surface area contributed by atoms with Gasteiger partial charge >= 0.3 is 0 Å². The SMILES string of the molecule is COc1c(/C(C)=C/C(=O)Nc2ccc(Br)c(C)c2)cc2c(C)coc2c1C. The minimum atomic E-state index is -0.182. The van der Waals surface area contributed by atoms with Crippen LogP contribution in [0.3, 0.4) is 0 Å². The van der Waals surface area contributed by atoms with Crippen molar-refractivity contribution in [3.05, 3.63) is 63.3 Å². The van der Waals surface area contributed by atoms with Gasteiger partial charge in [0.2, 0.25) is 5.91 Å². The lowest BCUT2D eigenvalue weighted by atomic mass is 9.98. The summed E-state index contributed by atoms with van der Waals surface area (Å²) in [6, 6.07) is 7.73. The fourth-order valence-corrected chi connectivity index (χ4v) is 3.42. The number of benzene rings is 2. The molecule has 0 unspecified atom stereocenters. The van der Waals surface area contributed by atoms with Crippen LogP contribution in [0.15, 0.2) is 45.5 Å². The average molecular weight is 428 g/mol. The van der Waals surface area contributed by atoms with Crippen LogP contribution < -0.4 is 10.1 Å². The zero-order valence-electron chi connectivity index (χ0n) is 16.1. The molecule has 0 radical (unpaired) electrons. The van der Waals surface area contributed by atoms with Gasteiger partial charge in [-0.05, 0) is 68.7 Å². The number of amides is 1. The Bertz CT molecular complexity index is 1060. The van der Waals surface area contributed by atoms with Gasteiger partial charge in [-0.15, -0.1) is 0 Å². The standard InChI is InChI=1S/C22H22BrNO3/c1-12(9-20(25)24-16-6-7-19(23)13(2)8-16)17-10-18-14(3)11-27-22(18)15(4)21(17)26-5/h6-11H,1-5H3,(H,24,25)/b12-9+. The summed E-state index contributed by atoms with van der Waals surface area (Å²) in [5, 5.41) is 3.94. The molecular weight excluding hydrogens is 406 g/mol. The first-order valence-corrected chi connectivity index (χ1v) is 9.42. The van der Waals surface area contributed by atoms with E-state index in [9.17, 15) is 4.79 Å². The fourth-order valence-electron chi connectivity index (χ4n) is 3.17. The fraction of sp³-hybridized carbons (Fsp3) is 0.227. The third-order valence-corrected chi connectivity index (χ3v) is 5.53. The second-order valence-electron chi connectivity index (χ2n) is 6.66. The zero-order chi connectivity index (χ0) is 19.7. The number of allylic oxidation sites excluding steroid dienone is 1. The lowest BCUT2D eigenvalue weighted by molar-refractivity contribution is -0.111. The number of carbonyl (C=O) groups excluding carboxylic acids is 1. The van der Waals surface area contributed by atoms with Gasteiger partial charge in [0.25, 0.3) is 0 Å². The molecule has 0 aliphatic rings. The van der Waals surface area contributed by atoms with E-state index in [-0.39, 0.29) is 5.91 Å². The molecule has 5 heteroatoms. The predicted octanol–water partition coefficient (Wildman–Crippen LogP) is 6.17. The maximum absolute atomic E-state index is 12.5. The third-order valence-electron chi connectivity index (χ3n) is 4.64. The summed E-state index contributed by atoms with van der Waals surface area (Å²) in [6.07, 6.45) is 3.33. The summed E-state index contributed by atoms with van der Waals surface area (Å²) in [5.41, 5.74) is 6.32. The lowest BCUT2D eigenvalue weighted by Gasteiger charge is -2.13. The Kier molecular flexibility index (Phi) is 5.42. The summed E-state index contributed by atoms with van der Waals surface area (Å²) < 4.78 is 12.3. The van der Waals surface area contributed by atoms with E-state index in [1.165, 1.54) is 0 Å². The van der Waals surface area contributed by atoms with Crippen LogP contribution in [0.5, 0.6) is 5.75 Å². The number of methoxy groups -OCH3 is 1. The number of aryl methyl sites for hydroxylation is 3. The number of hydrogen-bond acceptors (Lipinski definition) is 3. The second kappa shape index (κ2) is 7.61. The number of hydrogen-bond donors (Lipinski definition) is 1. The van der Waals surface area contributed by atoms with E-state index in [1.54, 1.807) is 19.4 Å². The van der Waals surface area contributed by atoms with Crippen LogP contribution in [0.2, 0.25) is 0 Å². The molecule has 4 nitrogen and oxygen atoms in total. The molecule has 0 atom stereocenters. The van der Waals surface area contributed by atoms with Crippen molar-refractivity contribution >= 4 is 44.1 Å². The van der Waals surface area contributed by atoms with E-state index < -0.39 is 0 Å². The maximum Gasteiger partial charge on any atom is 0.248 e. The molecule has 140 valence electrons. The van der Waals surface area contributed by atoms with Gasteiger partial charge in [-0.2, -0.15) is 0 Å². The molecule has 0 bridgehead atoms. The highest BCUT2D eigenvalue weighted by Gasteiger charge is 2.16. The molecule has 1 heterocycles. The quantitative estimate of drug-likeness (QED) is 0.506. The molecule has 2 aromatic carbocycles. The Balaban J connectivity index is 1.96. The van der Waals surface area contributed by atoms with E-state index >= 15 is 0 Å². The van der Waals surface area contributed by atoms with Crippen LogP contribution >= 0.6 is 15.9 Å². The van der Waals surface area contributed by atoms with E-state index in [4.69, 9.17) is 9.15 Å². The molecule has 0 aliphatic carbocycles. The lowest BCUT2D eigenvalue weighted by Crippen LogP contribution is -2.09. The van der Waals surface area contributed by atoms with Crippen molar-refractivity contribution in [1.29, 1.82) is 0 Å². The highest BCUT2D eigenvalue weighted by atomic mass is 79.9. The summed E-state index contributed by atoms with van der Waals surface area (Å²) in [7, 11) is 1.63. The van der Waals surface area contributed by atoms with Crippen LogP contribution in [0.4, 0.5) is 5.69 Å². The molecule has 0 fully saturated rings. The van der Waals surface area contributed by atoms with Crippen LogP contribution in [0.1, 0.15) is 29.2 Å². The van der Waals surface area contributed by atoms with Gasteiger partial charge in [0.05, 0.1) is 13.4 Å². The van der Waals surface area contributed by atoms with Gasteiger partial charge in [0.1, 0.15) is 11.3 Å². The first kappa shape index (κ1) is 19.2. The first-order chi connectivity index (χ1) is 12.8. The van der Waals surface area contributed by atoms with Crippen LogP contribution in [-0.4, -0.2) is 13.0 Å². The van der Waals surface area contributed by atoms with E-state index in [0.717, 1.165) is 54.7 Å². The molecule has 1 N–H and O–H groups in total. The van der Waals surface area contributed by atoms with Crippen LogP contribution in [0.25, 0.3) is 16.5 Å². The number of fused-ring (bicyclic) bond motifs is 1. The Morgan fingerprint density at radius 3 is 2.59 bits per heavy atom. The number of halogens is 1. The molecule has 27 heavy (non-hydrogen) atoms. The highest BCUT2D eigenvalue weighted by Crippen LogP contribution is 2.37. The average Bonchev–Trinajstić information content (AvgIpc) is 2.99.